The van der Waals surface area contributed by atoms with Crippen molar-refractivity contribution in [1.82, 2.24) is 0 Å². The number of hydrogen-bond donors (Lipinski definition) is 0. The molecule has 0 N–H and O–H groups in total. The van der Waals surface area contributed by atoms with Gasteiger partial charge in [0.2, 0.25) is 6.79 Å². The van der Waals surface area contributed by atoms with Crippen LogP contribution in [0.4, 0.5) is 4.79 Å². The molecule has 0 saturated carbocycles. The summed E-state index contributed by atoms with van der Waals surface area (Å²) in [4.78, 5) is 21.8. The molecule has 7 nitrogen and oxygen atoms in total. The summed E-state index contributed by atoms with van der Waals surface area (Å²) in [6, 6.07) is 6.20. The van der Waals surface area contributed by atoms with Crippen LogP contribution in [0.15, 0.2) is 30.8 Å². The minimum atomic E-state index is -1.01. The van der Waals surface area contributed by atoms with Gasteiger partial charge >= 0.3 is 6.16 Å². The van der Waals surface area contributed by atoms with Gasteiger partial charge < -0.3 is 29.8 Å². The third-order valence-corrected chi connectivity index (χ3v) is 1.88. The SMILES string of the molecule is C=[C-]C(=O)OCOC(=O)Oc1ccc(OCOC)cc1.[W]. The largest absolute Gasteiger partial charge is 0.516 e. The maximum Gasteiger partial charge on any atom is 0.516 e. The molecule has 0 bridgehead atoms. The topological polar surface area (TPSA) is 80.3 Å². The van der Waals surface area contributed by atoms with E-state index in [2.05, 4.69) is 16.1 Å². The van der Waals surface area contributed by atoms with Crippen LogP contribution in [0.5, 0.6) is 11.5 Å². The van der Waals surface area contributed by atoms with Crippen LogP contribution in [-0.2, 0) is 40.1 Å². The number of benzene rings is 1. The molecule has 0 saturated heterocycles. The van der Waals surface area contributed by atoms with Crippen LogP contribution in [-0.4, -0.2) is 32.8 Å². The van der Waals surface area contributed by atoms with Gasteiger partial charge in [0.15, 0.2) is 12.8 Å². The van der Waals surface area contributed by atoms with Gasteiger partial charge in [0.1, 0.15) is 11.5 Å². The fourth-order valence-corrected chi connectivity index (χ4v) is 1.04. The number of esters is 1. The third kappa shape index (κ3) is 8.12. The molecule has 0 unspecified atom stereocenters. The molecule has 1 aromatic rings. The molecule has 0 heterocycles. The smallest absolute Gasteiger partial charge is 0.468 e. The number of carbonyl (C=O) groups is 2. The molecule has 0 aromatic heterocycles. The summed E-state index contributed by atoms with van der Waals surface area (Å²) in [5, 5.41) is 0. The molecule has 0 aliphatic carbocycles. The molecule has 0 fully saturated rings. The second-order valence-electron chi connectivity index (χ2n) is 3.25. The number of hydrogen-bond acceptors (Lipinski definition) is 7. The number of carbonyl (C=O) groups excluding carboxylic acids is 2. The normalized spacial score (nSPS) is 9.00. The Morgan fingerprint density at radius 1 is 1.10 bits per heavy atom. The minimum Gasteiger partial charge on any atom is -0.468 e. The summed E-state index contributed by atoms with van der Waals surface area (Å²) in [5.41, 5.74) is 0. The maximum absolute atomic E-state index is 11.2. The fourth-order valence-electron chi connectivity index (χ4n) is 1.04. The average Bonchev–Trinajstić information content (AvgIpc) is 2.46. The van der Waals surface area contributed by atoms with Crippen molar-refractivity contribution in [1.29, 1.82) is 0 Å². The summed E-state index contributed by atoms with van der Waals surface area (Å²) in [7, 11) is 1.50. The Hall–Kier alpha value is -1.85. The molecule has 8 heteroatoms. The Balaban J connectivity index is 0.00000400. The van der Waals surface area contributed by atoms with Crippen molar-refractivity contribution in [3.63, 3.8) is 0 Å². The van der Waals surface area contributed by atoms with E-state index in [0.29, 0.717) is 5.75 Å². The van der Waals surface area contributed by atoms with E-state index in [4.69, 9.17) is 14.2 Å². The van der Waals surface area contributed by atoms with Crippen LogP contribution < -0.4 is 9.47 Å². The number of methoxy groups -OCH3 is 1. The van der Waals surface area contributed by atoms with Crippen molar-refractivity contribution in [3.05, 3.63) is 36.9 Å². The van der Waals surface area contributed by atoms with Gasteiger partial charge in [-0.1, -0.05) is 0 Å². The Bertz CT molecular complexity index is 458. The second-order valence-corrected chi connectivity index (χ2v) is 3.25. The van der Waals surface area contributed by atoms with Crippen molar-refractivity contribution in [2.45, 2.75) is 0 Å². The van der Waals surface area contributed by atoms with E-state index in [9.17, 15) is 9.59 Å². The molecule has 0 atom stereocenters. The molecule has 0 aliphatic heterocycles. The standard InChI is InChI=1S/C13H13O7.W/c1-3-12(14)18-9-19-13(15)20-11-6-4-10(5-7-11)17-8-16-2;/h4-7H,1,8-9H2,2H3;/q-1;. The van der Waals surface area contributed by atoms with Gasteiger partial charge in [0.25, 0.3) is 0 Å². The van der Waals surface area contributed by atoms with E-state index in [1.807, 2.05) is 6.08 Å². The molecule has 0 spiro atoms. The predicted octanol–water partition coefficient (Wildman–Crippen LogP) is 1.67. The van der Waals surface area contributed by atoms with E-state index < -0.39 is 18.9 Å². The van der Waals surface area contributed by atoms with Crippen LogP contribution in [0.3, 0.4) is 0 Å². The van der Waals surface area contributed by atoms with Gasteiger partial charge in [-0.05, 0) is 24.3 Å². The Kier molecular flexibility index (Phi) is 9.92. The van der Waals surface area contributed by atoms with Crippen molar-refractivity contribution in [2.75, 3.05) is 20.7 Å². The Labute approximate surface area is 136 Å². The zero-order chi connectivity index (χ0) is 14.8. The minimum absolute atomic E-state index is 0. The third-order valence-electron chi connectivity index (χ3n) is 1.88. The molecule has 1 rings (SSSR count). The first-order valence-electron chi connectivity index (χ1n) is 5.42. The fraction of sp³-hybridized carbons (Fsp3) is 0.231. The van der Waals surface area contributed by atoms with Crippen molar-refractivity contribution in [3.8, 4) is 11.5 Å². The van der Waals surface area contributed by atoms with Crippen LogP contribution in [0, 0.1) is 6.08 Å². The van der Waals surface area contributed by atoms with Gasteiger partial charge in [0, 0.05) is 28.2 Å². The van der Waals surface area contributed by atoms with E-state index in [-0.39, 0.29) is 33.6 Å². The Morgan fingerprint density at radius 3 is 2.29 bits per heavy atom. The van der Waals surface area contributed by atoms with E-state index >= 15 is 0 Å². The zero-order valence-electron chi connectivity index (χ0n) is 11.2. The first-order chi connectivity index (χ1) is 9.65. The molecule has 1 aromatic carbocycles. The van der Waals surface area contributed by atoms with Gasteiger partial charge in [-0.25, -0.2) is 4.79 Å². The monoisotopic (exact) mass is 465 g/mol. The van der Waals surface area contributed by atoms with E-state index in [0.717, 1.165) is 0 Å². The van der Waals surface area contributed by atoms with Crippen LogP contribution >= 0.6 is 0 Å². The van der Waals surface area contributed by atoms with Gasteiger partial charge in [-0.3, -0.25) is 11.4 Å². The molecular formula is C13H13O7W-. The summed E-state index contributed by atoms with van der Waals surface area (Å²) in [5.74, 6) is -0.0122. The van der Waals surface area contributed by atoms with Gasteiger partial charge in [0.05, 0.1) is 0 Å². The maximum atomic E-state index is 11.2. The first-order valence-corrected chi connectivity index (χ1v) is 5.42. The van der Waals surface area contributed by atoms with Crippen molar-refractivity contribution in [2.24, 2.45) is 0 Å². The Morgan fingerprint density at radius 2 is 1.71 bits per heavy atom. The van der Waals surface area contributed by atoms with Crippen molar-refractivity contribution < 1.29 is 54.3 Å². The predicted molar refractivity (Wildman–Crippen MR) is 65.9 cm³/mol. The van der Waals surface area contributed by atoms with E-state index in [1.54, 1.807) is 12.1 Å². The molecule has 0 amide bonds. The molecular weight excluding hydrogens is 452 g/mol. The van der Waals surface area contributed by atoms with Crippen molar-refractivity contribution >= 4 is 12.1 Å². The summed E-state index contributed by atoms with van der Waals surface area (Å²) < 4.78 is 23.6. The molecule has 0 aliphatic rings. The summed E-state index contributed by atoms with van der Waals surface area (Å²) in [6.45, 7) is 2.61. The number of ether oxygens (including phenoxy) is 5. The number of rotatable bonds is 7. The van der Waals surface area contributed by atoms with E-state index in [1.165, 1.54) is 19.2 Å². The summed E-state index contributed by atoms with van der Waals surface area (Å²) >= 11 is 0. The molecule has 114 valence electrons. The molecule has 21 heavy (non-hydrogen) atoms. The average molecular weight is 465 g/mol. The summed E-state index contributed by atoms with van der Waals surface area (Å²) in [6.07, 6.45) is 0.937. The quantitative estimate of drug-likeness (QED) is 0.199. The van der Waals surface area contributed by atoms with Crippen LogP contribution in [0.2, 0.25) is 0 Å². The second kappa shape index (κ2) is 10.9. The van der Waals surface area contributed by atoms with Crippen LogP contribution in [0.1, 0.15) is 0 Å². The zero-order valence-corrected chi connectivity index (χ0v) is 14.1. The van der Waals surface area contributed by atoms with Gasteiger partial charge in [-0.2, -0.15) is 0 Å². The van der Waals surface area contributed by atoms with Crippen LogP contribution in [0.25, 0.3) is 0 Å². The molecule has 0 radical (unpaired) electrons. The first kappa shape index (κ1) is 19.1. The van der Waals surface area contributed by atoms with Gasteiger partial charge in [-0.15, -0.1) is 0 Å².